The normalized spacial score (nSPS) is 11.9. The van der Waals surface area contributed by atoms with Crippen LogP contribution in [0.5, 0.6) is 0 Å². The number of nitrogens with zero attached hydrogens (tertiary/aromatic N) is 4. The fourth-order valence-electron chi connectivity index (χ4n) is 4.35. The van der Waals surface area contributed by atoms with Crippen LogP contribution < -0.4 is 5.32 Å². The summed E-state index contributed by atoms with van der Waals surface area (Å²) in [6.07, 6.45) is 3.85. The van der Waals surface area contributed by atoms with E-state index in [1.54, 1.807) is 0 Å². The number of rotatable bonds is 0. The molecule has 0 unspecified atom stereocenters. The quantitative estimate of drug-likeness (QED) is 0.338. The van der Waals surface area contributed by atoms with E-state index in [0.717, 1.165) is 32.8 Å². The molecule has 0 atom stereocenters. The van der Waals surface area contributed by atoms with Gasteiger partial charge in [-0.05, 0) is 28.3 Å². The van der Waals surface area contributed by atoms with Gasteiger partial charge in [-0.1, -0.05) is 36.4 Å². The van der Waals surface area contributed by atoms with Gasteiger partial charge in [-0.25, -0.2) is 0 Å². The molecular formula is C25H11N5. The van der Waals surface area contributed by atoms with Crippen LogP contribution in [0.4, 0.5) is 5.69 Å². The first-order valence-corrected chi connectivity index (χ1v) is 9.26. The second-order valence-corrected chi connectivity index (χ2v) is 7.01. The van der Waals surface area contributed by atoms with Crippen LogP contribution >= 0.6 is 0 Å². The van der Waals surface area contributed by atoms with E-state index in [-0.39, 0.29) is 22.3 Å². The molecule has 1 N–H and O–H groups in total. The summed E-state index contributed by atoms with van der Waals surface area (Å²) in [5, 5.41) is 47.6. The van der Waals surface area contributed by atoms with Gasteiger partial charge >= 0.3 is 0 Å². The summed E-state index contributed by atoms with van der Waals surface area (Å²) in [6, 6.07) is 20.2. The number of nitriles is 4. The van der Waals surface area contributed by atoms with Crippen LogP contribution in [-0.2, 0) is 0 Å². The van der Waals surface area contributed by atoms with Crippen LogP contribution in [0.3, 0.4) is 0 Å². The minimum absolute atomic E-state index is 0.0498. The number of hydrogen-bond acceptors (Lipinski definition) is 5. The monoisotopic (exact) mass is 381 g/mol. The van der Waals surface area contributed by atoms with Gasteiger partial charge in [0.25, 0.3) is 0 Å². The van der Waals surface area contributed by atoms with E-state index in [0.29, 0.717) is 17.3 Å². The van der Waals surface area contributed by atoms with Crippen molar-refractivity contribution in [2.45, 2.75) is 0 Å². The van der Waals surface area contributed by atoms with E-state index < -0.39 is 0 Å². The number of fused-ring (bicyclic) bond motifs is 7. The van der Waals surface area contributed by atoms with Gasteiger partial charge in [0, 0.05) is 28.3 Å². The van der Waals surface area contributed by atoms with Crippen LogP contribution in [0.25, 0.3) is 38.4 Å². The Morgan fingerprint density at radius 3 is 1.87 bits per heavy atom. The van der Waals surface area contributed by atoms with Crippen molar-refractivity contribution in [1.29, 1.82) is 21.0 Å². The van der Waals surface area contributed by atoms with Crippen molar-refractivity contribution in [2.75, 3.05) is 11.9 Å². The Morgan fingerprint density at radius 2 is 1.27 bits per heavy atom. The predicted molar refractivity (Wildman–Crippen MR) is 115 cm³/mol. The van der Waals surface area contributed by atoms with Gasteiger partial charge < -0.3 is 5.32 Å². The molecule has 5 heteroatoms. The maximum Gasteiger partial charge on any atom is 0.102 e. The molecule has 1 aliphatic rings. The first-order valence-electron chi connectivity index (χ1n) is 9.26. The van der Waals surface area contributed by atoms with E-state index in [1.807, 2.05) is 54.6 Å². The fourth-order valence-corrected chi connectivity index (χ4v) is 4.35. The summed E-state index contributed by atoms with van der Waals surface area (Å²) in [4.78, 5) is 0. The van der Waals surface area contributed by atoms with Gasteiger partial charge in [0.1, 0.15) is 24.3 Å². The third kappa shape index (κ3) is 2.12. The summed E-state index contributed by atoms with van der Waals surface area (Å²) in [7, 11) is 0. The van der Waals surface area contributed by atoms with Crippen LogP contribution in [0.1, 0.15) is 27.8 Å². The molecule has 0 aromatic heterocycles. The standard InChI is InChI=1S/C25H11N5/c26-10-19-20(11-27)22(13-29)24-17-8-14-4-1-2-5-15(14)9-18(17)25-16(6-3-7-30-25)23(24)21(19)12-28/h1-6,8-9,30H,7H2. The van der Waals surface area contributed by atoms with Crippen molar-refractivity contribution >= 4 is 44.1 Å². The zero-order valence-electron chi connectivity index (χ0n) is 15.6. The van der Waals surface area contributed by atoms with Gasteiger partial charge in [0.05, 0.1) is 27.9 Å². The zero-order valence-corrected chi connectivity index (χ0v) is 15.6. The van der Waals surface area contributed by atoms with E-state index in [9.17, 15) is 21.0 Å². The smallest absolute Gasteiger partial charge is 0.102 e. The summed E-state index contributed by atoms with van der Waals surface area (Å²) in [6.45, 7) is 0.634. The van der Waals surface area contributed by atoms with Gasteiger partial charge in [0.2, 0.25) is 0 Å². The van der Waals surface area contributed by atoms with E-state index >= 15 is 0 Å². The van der Waals surface area contributed by atoms with Crippen molar-refractivity contribution < 1.29 is 0 Å². The molecule has 4 aromatic carbocycles. The molecule has 5 nitrogen and oxygen atoms in total. The summed E-state index contributed by atoms with van der Waals surface area (Å²) in [5.41, 5.74) is 1.78. The molecule has 0 bridgehead atoms. The third-order valence-electron chi connectivity index (χ3n) is 5.59. The molecule has 4 aromatic rings. The van der Waals surface area contributed by atoms with Crippen LogP contribution in [0.2, 0.25) is 0 Å². The summed E-state index contributed by atoms with van der Waals surface area (Å²) in [5.74, 6) is 0. The molecule has 0 fully saturated rings. The lowest BCUT2D eigenvalue weighted by Gasteiger charge is -2.22. The Bertz CT molecular complexity index is 1630. The van der Waals surface area contributed by atoms with Gasteiger partial charge in [-0.15, -0.1) is 0 Å². The zero-order chi connectivity index (χ0) is 20.8. The minimum Gasteiger partial charge on any atom is -0.381 e. The molecule has 0 saturated heterocycles. The Morgan fingerprint density at radius 1 is 0.700 bits per heavy atom. The maximum absolute atomic E-state index is 9.98. The first kappa shape index (κ1) is 17.3. The Hall–Kier alpha value is -4.84. The fraction of sp³-hybridized carbons (Fsp3) is 0.0400. The second-order valence-electron chi connectivity index (χ2n) is 7.01. The van der Waals surface area contributed by atoms with Crippen molar-refractivity contribution in [3.63, 3.8) is 0 Å². The topological polar surface area (TPSA) is 107 Å². The molecule has 0 spiro atoms. The van der Waals surface area contributed by atoms with E-state index in [4.69, 9.17) is 0 Å². The highest BCUT2D eigenvalue weighted by Gasteiger charge is 2.26. The average molecular weight is 381 g/mol. The van der Waals surface area contributed by atoms with Crippen molar-refractivity contribution in [2.24, 2.45) is 0 Å². The number of anilines is 1. The Labute approximate surface area is 171 Å². The SMILES string of the molecule is N#Cc1c(C#N)c(C#N)c2c(c1C#N)c1c(c3cc4ccccc4cc32)NCC=C1. The summed E-state index contributed by atoms with van der Waals surface area (Å²) < 4.78 is 0. The van der Waals surface area contributed by atoms with E-state index in [2.05, 4.69) is 23.5 Å². The molecule has 0 aliphatic carbocycles. The molecule has 136 valence electrons. The lowest BCUT2D eigenvalue weighted by molar-refractivity contribution is 1.33. The van der Waals surface area contributed by atoms with Crippen molar-refractivity contribution in [1.82, 2.24) is 0 Å². The van der Waals surface area contributed by atoms with E-state index in [1.165, 1.54) is 0 Å². The molecule has 0 saturated carbocycles. The van der Waals surface area contributed by atoms with Gasteiger partial charge in [0.15, 0.2) is 0 Å². The number of nitrogens with one attached hydrogen (secondary N) is 1. The lowest BCUT2D eigenvalue weighted by atomic mass is 9.83. The Kier molecular flexibility index (Phi) is 3.66. The number of benzene rings is 4. The lowest BCUT2D eigenvalue weighted by Crippen LogP contribution is -2.08. The molecule has 0 radical (unpaired) electrons. The second kappa shape index (κ2) is 6.35. The third-order valence-corrected chi connectivity index (χ3v) is 5.59. The van der Waals surface area contributed by atoms with Crippen molar-refractivity contribution in [3.8, 4) is 24.3 Å². The largest absolute Gasteiger partial charge is 0.381 e. The van der Waals surface area contributed by atoms with Crippen LogP contribution in [0, 0.1) is 45.3 Å². The average Bonchev–Trinajstić information content (AvgIpc) is 2.81. The first-order chi connectivity index (χ1) is 14.7. The highest BCUT2D eigenvalue weighted by molar-refractivity contribution is 6.24. The molecule has 1 heterocycles. The molecule has 1 aliphatic heterocycles. The summed E-state index contributed by atoms with van der Waals surface area (Å²) >= 11 is 0. The highest BCUT2D eigenvalue weighted by atomic mass is 14.9. The molecule has 0 amide bonds. The molecular weight excluding hydrogens is 370 g/mol. The van der Waals surface area contributed by atoms with Gasteiger partial charge in [-0.3, -0.25) is 0 Å². The number of hydrogen-bond donors (Lipinski definition) is 1. The molecule has 30 heavy (non-hydrogen) atoms. The van der Waals surface area contributed by atoms with Crippen LogP contribution in [0.15, 0.2) is 42.5 Å². The van der Waals surface area contributed by atoms with Crippen LogP contribution in [-0.4, -0.2) is 6.54 Å². The van der Waals surface area contributed by atoms with Gasteiger partial charge in [-0.2, -0.15) is 21.0 Å². The minimum atomic E-state index is -0.0506. The molecule has 5 rings (SSSR count). The maximum atomic E-state index is 9.98. The predicted octanol–water partition coefficient (Wildman–Crippen LogP) is 5.07. The Balaban J connectivity index is 2.22. The van der Waals surface area contributed by atoms with Crippen molar-refractivity contribution in [3.05, 3.63) is 70.3 Å². The highest BCUT2D eigenvalue weighted by Crippen LogP contribution is 2.44.